The quantitative estimate of drug-likeness (QED) is 0.250. The third-order valence-corrected chi connectivity index (χ3v) is 7.44. The molecule has 1 aromatic rings. The van der Waals surface area contributed by atoms with Crippen molar-refractivity contribution in [3.63, 3.8) is 0 Å². The van der Waals surface area contributed by atoms with Crippen molar-refractivity contribution >= 4 is 0 Å². The van der Waals surface area contributed by atoms with Crippen LogP contribution in [0.5, 0.6) is 0 Å². The highest BCUT2D eigenvalue weighted by Crippen LogP contribution is 2.44. The van der Waals surface area contributed by atoms with Gasteiger partial charge in [0, 0.05) is 6.08 Å². The molecule has 2 aliphatic carbocycles. The fourth-order valence-electron chi connectivity index (χ4n) is 5.59. The molecule has 0 saturated heterocycles. The van der Waals surface area contributed by atoms with Crippen LogP contribution in [0.1, 0.15) is 94.6 Å². The Morgan fingerprint density at radius 3 is 2.14 bits per heavy atom. The predicted molar refractivity (Wildman–Crippen MR) is 124 cm³/mol. The average Bonchev–Trinajstić information content (AvgIpc) is 2.78. The summed E-state index contributed by atoms with van der Waals surface area (Å²) in [5, 5.41) is 8.55. The van der Waals surface area contributed by atoms with Gasteiger partial charge >= 0.3 is 0 Å². The summed E-state index contributed by atoms with van der Waals surface area (Å²) in [6.07, 6.45) is 24.1. The summed E-state index contributed by atoms with van der Waals surface area (Å²) in [7, 11) is 0. The SMILES string of the molecule is CCCCCc1ccc(C2CCC(C3CCC(/C=C/C=C/C#N)CC3)CC2)cc1. The maximum atomic E-state index is 8.55. The van der Waals surface area contributed by atoms with Crippen LogP contribution in [0.15, 0.2) is 48.6 Å². The Morgan fingerprint density at radius 2 is 1.52 bits per heavy atom. The standard InChI is InChI=1S/C28H39N/c1-2-3-5-8-23-10-14-25(15-11-23)27-18-20-28(21-19-27)26-16-12-24(13-17-26)9-6-4-7-22-29/h4,6-7,9-11,14-15,24,26-28H,2-3,5,8,12-13,16-21H2,1H3/b7-4+,9-6+. The molecule has 2 saturated carbocycles. The van der Waals surface area contributed by atoms with Crippen LogP contribution < -0.4 is 0 Å². The minimum Gasteiger partial charge on any atom is -0.193 e. The largest absolute Gasteiger partial charge is 0.193 e. The monoisotopic (exact) mass is 389 g/mol. The van der Waals surface area contributed by atoms with E-state index in [-0.39, 0.29) is 0 Å². The van der Waals surface area contributed by atoms with Crippen LogP contribution in [0, 0.1) is 29.1 Å². The van der Waals surface area contributed by atoms with Gasteiger partial charge in [-0.3, -0.25) is 0 Å². The van der Waals surface area contributed by atoms with Gasteiger partial charge in [0.05, 0.1) is 6.07 Å². The first-order valence-electron chi connectivity index (χ1n) is 12.1. The smallest absolute Gasteiger partial charge is 0.0912 e. The zero-order valence-electron chi connectivity index (χ0n) is 18.4. The Morgan fingerprint density at radius 1 is 0.862 bits per heavy atom. The van der Waals surface area contributed by atoms with Crippen molar-refractivity contribution in [3.05, 3.63) is 59.7 Å². The number of nitriles is 1. The number of benzene rings is 1. The maximum absolute atomic E-state index is 8.55. The molecule has 0 atom stereocenters. The molecule has 2 fully saturated rings. The first-order chi connectivity index (χ1) is 14.3. The topological polar surface area (TPSA) is 23.8 Å². The Hall–Kier alpha value is -1.81. The van der Waals surface area contributed by atoms with E-state index in [1.54, 1.807) is 11.6 Å². The van der Waals surface area contributed by atoms with Crippen molar-refractivity contribution in [2.45, 2.75) is 89.9 Å². The minimum absolute atomic E-state index is 0.724. The lowest BCUT2D eigenvalue weighted by molar-refractivity contribution is 0.171. The van der Waals surface area contributed by atoms with Crippen molar-refractivity contribution in [1.82, 2.24) is 0 Å². The molecule has 0 radical (unpaired) electrons. The van der Waals surface area contributed by atoms with E-state index in [0.717, 1.165) is 23.7 Å². The van der Waals surface area contributed by atoms with E-state index in [2.05, 4.69) is 49.4 Å². The molecular weight excluding hydrogens is 350 g/mol. The highest BCUT2D eigenvalue weighted by Gasteiger charge is 2.30. The Labute approximate surface area is 178 Å². The van der Waals surface area contributed by atoms with E-state index in [4.69, 9.17) is 5.26 Å². The van der Waals surface area contributed by atoms with Gasteiger partial charge in [-0.25, -0.2) is 0 Å². The number of hydrogen-bond donors (Lipinski definition) is 0. The van der Waals surface area contributed by atoms with Gasteiger partial charge in [0.15, 0.2) is 0 Å². The molecule has 0 spiro atoms. The van der Waals surface area contributed by atoms with Crippen molar-refractivity contribution in [3.8, 4) is 6.07 Å². The number of aryl methyl sites for hydroxylation is 1. The van der Waals surface area contributed by atoms with Gasteiger partial charge < -0.3 is 0 Å². The average molecular weight is 390 g/mol. The zero-order valence-corrected chi connectivity index (χ0v) is 18.4. The van der Waals surface area contributed by atoms with Crippen molar-refractivity contribution in [2.75, 3.05) is 0 Å². The molecule has 2 aliphatic rings. The lowest BCUT2D eigenvalue weighted by Crippen LogP contribution is -2.25. The van der Waals surface area contributed by atoms with Crippen LogP contribution in [0.4, 0.5) is 0 Å². The maximum Gasteiger partial charge on any atom is 0.0912 e. The second kappa shape index (κ2) is 12.0. The summed E-state index contributed by atoms with van der Waals surface area (Å²) in [4.78, 5) is 0. The highest BCUT2D eigenvalue weighted by molar-refractivity contribution is 5.26. The summed E-state index contributed by atoms with van der Waals surface area (Å²) >= 11 is 0. The first kappa shape index (κ1) is 21.9. The van der Waals surface area contributed by atoms with Gasteiger partial charge in [-0.05, 0) is 99.0 Å². The van der Waals surface area contributed by atoms with E-state index in [1.165, 1.54) is 82.6 Å². The van der Waals surface area contributed by atoms with Crippen molar-refractivity contribution < 1.29 is 0 Å². The van der Waals surface area contributed by atoms with E-state index >= 15 is 0 Å². The van der Waals surface area contributed by atoms with E-state index in [1.807, 2.05) is 6.08 Å². The third kappa shape index (κ3) is 6.88. The number of allylic oxidation sites excluding steroid dienone is 4. The minimum atomic E-state index is 0.724. The normalized spacial score (nSPS) is 28.0. The third-order valence-electron chi connectivity index (χ3n) is 7.44. The van der Waals surface area contributed by atoms with Gasteiger partial charge in [0.2, 0.25) is 0 Å². The molecule has 0 bridgehead atoms. The zero-order chi connectivity index (χ0) is 20.3. The first-order valence-corrected chi connectivity index (χ1v) is 12.1. The number of unbranched alkanes of at least 4 members (excludes halogenated alkanes) is 2. The molecule has 1 aromatic carbocycles. The number of hydrogen-bond acceptors (Lipinski definition) is 1. The van der Waals surface area contributed by atoms with Crippen LogP contribution in [-0.4, -0.2) is 0 Å². The van der Waals surface area contributed by atoms with E-state index < -0.39 is 0 Å². The Bertz CT molecular complexity index is 674. The summed E-state index contributed by atoms with van der Waals surface area (Å²) < 4.78 is 0. The number of rotatable bonds is 8. The van der Waals surface area contributed by atoms with Gasteiger partial charge in [-0.2, -0.15) is 5.26 Å². The van der Waals surface area contributed by atoms with Crippen LogP contribution in [0.2, 0.25) is 0 Å². The molecule has 0 N–H and O–H groups in total. The number of nitrogens with zero attached hydrogens (tertiary/aromatic N) is 1. The van der Waals surface area contributed by atoms with Gasteiger partial charge in [0.1, 0.15) is 0 Å². The summed E-state index contributed by atoms with van der Waals surface area (Å²) in [5.74, 6) is 3.43. The van der Waals surface area contributed by atoms with E-state index in [0.29, 0.717) is 0 Å². The van der Waals surface area contributed by atoms with Crippen molar-refractivity contribution in [1.29, 1.82) is 5.26 Å². The highest BCUT2D eigenvalue weighted by atomic mass is 14.4. The van der Waals surface area contributed by atoms with Crippen LogP contribution >= 0.6 is 0 Å². The lowest BCUT2D eigenvalue weighted by Gasteiger charge is -2.37. The van der Waals surface area contributed by atoms with Crippen molar-refractivity contribution in [2.24, 2.45) is 17.8 Å². The predicted octanol–water partition coefficient (Wildman–Crippen LogP) is 8.14. The Kier molecular flexibility index (Phi) is 9.07. The van der Waals surface area contributed by atoms with Crippen LogP contribution in [-0.2, 0) is 6.42 Å². The van der Waals surface area contributed by atoms with Gasteiger partial charge in [0.25, 0.3) is 0 Å². The summed E-state index contributed by atoms with van der Waals surface area (Å²) in [6.45, 7) is 2.28. The van der Waals surface area contributed by atoms with E-state index in [9.17, 15) is 0 Å². The molecule has 0 unspecified atom stereocenters. The summed E-state index contributed by atoms with van der Waals surface area (Å²) in [6, 6.07) is 11.7. The fraction of sp³-hybridized carbons (Fsp3) is 0.607. The molecule has 1 nitrogen and oxygen atoms in total. The molecular formula is C28H39N. The molecule has 0 aliphatic heterocycles. The molecule has 0 heterocycles. The second-order valence-corrected chi connectivity index (χ2v) is 9.36. The molecule has 3 rings (SSSR count). The molecule has 0 aromatic heterocycles. The second-order valence-electron chi connectivity index (χ2n) is 9.36. The van der Waals surface area contributed by atoms with Crippen LogP contribution in [0.3, 0.4) is 0 Å². The van der Waals surface area contributed by atoms with Gasteiger partial charge in [-0.15, -0.1) is 0 Å². The summed E-state index contributed by atoms with van der Waals surface area (Å²) in [5.41, 5.74) is 3.10. The molecule has 1 heteroatoms. The lowest BCUT2D eigenvalue weighted by atomic mass is 9.68. The molecule has 0 amide bonds. The van der Waals surface area contributed by atoms with Crippen LogP contribution in [0.25, 0.3) is 0 Å². The molecule has 29 heavy (non-hydrogen) atoms. The van der Waals surface area contributed by atoms with Gasteiger partial charge in [-0.1, -0.05) is 62.3 Å². The fourth-order valence-corrected chi connectivity index (χ4v) is 5.59. The molecule has 156 valence electrons. The Balaban J connectivity index is 1.40.